The number of likely N-dealkylation sites (tertiary alicyclic amines) is 2. The molecule has 5 atom stereocenters. The summed E-state index contributed by atoms with van der Waals surface area (Å²) in [6.45, 7) is 16.9. The maximum atomic E-state index is 14.2. The van der Waals surface area contributed by atoms with E-state index in [2.05, 4.69) is 29.4 Å². The Morgan fingerprint density at radius 1 is 0.936 bits per heavy atom. The topological polar surface area (TPSA) is 122 Å². The molecule has 2 heterocycles. The van der Waals surface area contributed by atoms with E-state index in [1.54, 1.807) is 23.8 Å². The molecule has 0 saturated carbocycles. The highest BCUT2D eigenvalue weighted by atomic mass is 16.3. The zero-order valence-electron chi connectivity index (χ0n) is 30.1. The molecule has 0 aromatic heterocycles. The number of aliphatic hydroxyl groups excluding tert-OH is 1. The van der Waals surface area contributed by atoms with Crippen LogP contribution < -0.4 is 10.6 Å². The normalized spacial score (nSPS) is 21.4. The highest BCUT2D eigenvalue weighted by Crippen LogP contribution is 2.27. The highest BCUT2D eigenvalue weighted by Gasteiger charge is 2.40. The molecule has 0 aliphatic carbocycles. The molecular formula is C37H59N5O5. The molecule has 47 heavy (non-hydrogen) atoms. The van der Waals surface area contributed by atoms with Crippen LogP contribution in [-0.4, -0.2) is 100 Å². The van der Waals surface area contributed by atoms with Crippen molar-refractivity contribution >= 4 is 23.6 Å². The Balaban J connectivity index is 1.77. The quantitative estimate of drug-likeness (QED) is 0.293. The third-order valence-electron chi connectivity index (χ3n) is 9.66. The fraction of sp³-hybridized carbons (Fsp3) is 0.676. The predicted octanol–water partition coefficient (Wildman–Crippen LogP) is 4.05. The molecule has 2 fully saturated rings. The summed E-state index contributed by atoms with van der Waals surface area (Å²) in [4.78, 5) is 60.4. The molecule has 10 heteroatoms. The number of piperidine rings is 1. The van der Waals surface area contributed by atoms with E-state index < -0.39 is 29.6 Å². The zero-order chi connectivity index (χ0) is 35.1. The van der Waals surface area contributed by atoms with Gasteiger partial charge in [0.05, 0.1) is 24.7 Å². The van der Waals surface area contributed by atoms with Crippen molar-refractivity contribution in [1.82, 2.24) is 25.3 Å². The van der Waals surface area contributed by atoms with E-state index in [1.165, 1.54) is 0 Å². The molecule has 1 unspecified atom stereocenters. The number of carbonyl (C=O) groups is 4. The summed E-state index contributed by atoms with van der Waals surface area (Å²) in [6, 6.07) is 6.86. The van der Waals surface area contributed by atoms with Gasteiger partial charge in [-0.3, -0.25) is 24.1 Å². The number of hydrogen-bond donors (Lipinski definition) is 3. The fourth-order valence-corrected chi connectivity index (χ4v) is 6.87. The van der Waals surface area contributed by atoms with Crippen LogP contribution in [0.3, 0.4) is 0 Å². The lowest BCUT2D eigenvalue weighted by molar-refractivity contribution is -0.142. The molecule has 3 rings (SSSR count). The number of amides is 4. The number of hydrogen-bond acceptors (Lipinski definition) is 6. The van der Waals surface area contributed by atoms with Gasteiger partial charge in [0.2, 0.25) is 23.6 Å². The number of carbonyl (C=O) groups excluding carboxylic acids is 4. The highest BCUT2D eigenvalue weighted by molar-refractivity contribution is 5.97. The van der Waals surface area contributed by atoms with Crippen molar-refractivity contribution in [2.75, 3.05) is 26.7 Å². The van der Waals surface area contributed by atoms with E-state index in [9.17, 15) is 24.3 Å². The third kappa shape index (κ3) is 9.66. The number of rotatable bonds is 12. The van der Waals surface area contributed by atoms with Crippen LogP contribution in [0.2, 0.25) is 0 Å². The Morgan fingerprint density at radius 2 is 1.55 bits per heavy atom. The van der Waals surface area contributed by atoms with Gasteiger partial charge < -0.3 is 25.5 Å². The molecule has 0 spiro atoms. The first-order chi connectivity index (χ1) is 22.1. The molecule has 2 saturated heterocycles. The number of nitrogens with zero attached hydrogens (tertiary/aromatic N) is 3. The first-order valence-corrected chi connectivity index (χ1v) is 17.4. The van der Waals surface area contributed by atoms with Crippen molar-refractivity contribution in [2.45, 2.75) is 124 Å². The van der Waals surface area contributed by atoms with Crippen molar-refractivity contribution in [3.63, 3.8) is 0 Å². The summed E-state index contributed by atoms with van der Waals surface area (Å²) < 4.78 is 0. The predicted molar refractivity (Wildman–Crippen MR) is 185 cm³/mol. The van der Waals surface area contributed by atoms with E-state index in [1.807, 2.05) is 71.0 Å². The van der Waals surface area contributed by atoms with Gasteiger partial charge in [-0.2, -0.15) is 0 Å². The molecule has 2 aliphatic heterocycles. The second-order valence-corrected chi connectivity index (χ2v) is 15.0. The molecule has 1 aromatic carbocycles. The van der Waals surface area contributed by atoms with E-state index in [4.69, 9.17) is 0 Å². The lowest BCUT2D eigenvalue weighted by Gasteiger charge is -2.41. The van der Waals surface area contributed by atoms with Gasteiger partial charge in [0.15, 0.2) is 0 Å². The van der Waals surface area contributed by atoms with Crippen LogP contribution >= 0.6 is 0 Å². The van der Waals surface area contributed by atoms with Crippen LogP contribution in [0.1, 0.15) is 99.1 Å². The Morgan fingerprint density at radius 3 is 2.13 bits per heavy atom. The lowest BCUT2D eigenvalue weighted by Crippen LogP contribution is -2.60. The zero-order valence-corrected chi connectivity index (χ0v) is 30.1. The Kier molecular flexibility index (Phi) is 13.6. The SMILES string of the molecule is C/C(=C\[C@H](C(C)C)N(C)C(=O)[C@@H](NC(=O)C1CCCCN1C(C)C)C(C)(C)C)C(=O)N1CCC[C@H]1C(=O)N[C@@H](CO)c1ccccc1. The van der Waals surface area contributed by atoms with Gasteiger partial charge in [-0.1, -0.05) is 77.4 Å². The summed E-state index contributed by atoms with van der Waals surface area (Å²) >= 11 is 0. The maximum absolute atomic E-state index is 14.2. The average molecular weight is 654 g/mol. The lowest BCUT2D eigenvalue weighted by atomic mass is 9.84. The summed E-state index contributed by atoms with van der Waals surface area (Å²) in [5.41, 5.74) is 0.705. The van der Waals surface area contributed by atoms with Crippen LogP contribution in [0.15, 0.2) is 42.0 Å². The van der Waals surface area contributed by atoms with Crippen molar-refractivity contribution in [3.8, 4) is 0 Å². The fourth-order valence-electron chi connectivity index (χ4n) is 6.87. The number of benzene rings is 1. The summed E-state index contributed by atoms with van der Waals surface area (Å²) in [6.07, 6.45) is 5.87. The molecular weight excluding hydrogens is 594 g/mol. The minimum atomic E-state index is -0.752. The van der Waals surface area contributed by atoms with Gasteiger partial charge in [-0.05, 0) is 69.9 Å². The number of likely N-dealkylation sites (N-methyl/N-ethyl adjacent to an activating group) is 1. The molecule has 10 nitrogen and oxygen atoms in total. The van der Waals surface area contributed by atoms with Gasteiger partial charge in [0.25, 0.3) is 0 Å². The molecule has 3 N–H and O–H groups in total. The smallest absolute Gasteiger partial charge is 0.249 e. The molecule has 0 bridgehead atoms. The maximum Gasteiger partial charge on any atom is 0.249 e. The third-order valence-corrected chi connectivity index (χ3v) is 9.66. The van der Waals surface area contributed by atoms with Crippen LogP contribution in [-0.2, 0) is 19.2 Å². The largest absolute Gasteiger partial charge is 0.394 e. The van der Waals surface area contributed by atoms with Crippen molar-refractivity contribution in [2.24, 2.45) is 11.3 Å². The van der Waals surface area contributed by atoms with Gasteiger partial charge >= 0.3 is 0 Å². The summed E-state index contributed by atoms with van der Waals surface area (Å²) in [5.74, 6) is -0.885. The van der Waals surface area contributed by atoms with Gasteiger partial charge in [0, 0.05) is 25.2 Å². The first kappa shape index (κ1) is 38.2. The molecule has 2 aliphatic rings. The minimum absolute atomic E-state index is 0.0216. The Bertz CT molecular complexity index is 1260. The second-order valence-electron chi connectivity index (χ2n) is 15.0. The molecule has 1 aromatic rings. The van der Waals surface area contributed by atoms with Crippen LogP contribution in [0, 0.1) is 11.3 Å². The minimum Gasteiger partial charge on any atom is -0.394 e. The summed E-state index contributed by atoms with van der Waals surface area (Å²) in [7, 11) is 1.73. The monoisotopic (exact) mass is 653 g/mol. The summed E-state index contributed by atoms with van der Waals surface area (Å²) in [5, 5.41) is 16.0. The van der Waals surface area contributed by atoms with Crippen LogP contribution in [0.5, 0.6) is 0 Å². The molecule has 262 valence electrons. The van der Waals surface area contributed by atoms with Gasteiger partial charge in [0.1, 0.15) is 12.1 Å². The second kappa shape index (κ2) is 16.7. The van der Waals surface area contributed by atoms with Crippen LogP contribution in [0.25, 0.3) is 0 Å². The number of nitrogens with one attached hydrogen (secondary N) is 2. The first-order valence-electron chi connectivity index (χ1n) is 17.4. The van der Waals surface area contributed by atoms with E-state index in [0.717, 1.165) is 31.4 Å². The van der Waals surface area contributed by atoms with Crippen molar-refractivity contribution < 1.29 is 24.3 Å². The molecule has 0 radical (unpaired) electrons. The van der Waals surface area contributed by atoms with Crippen molar-refractivity contribution in [1.29, 1.82) is 0 Å². The Hall–Kier alpha value is -3.24. The number of aliphatic hydroxyl groups is 1. The average Bonchev–Trinajstić information content (AvgIpc) is 3.53. The standard InChI is InChI=1S/C37H59N5O5/c1-24(2)31(40(9)36(47)32(37(6,7)8)39-34(45)29-18-13-14-20-41(29)25(3)4)22-26(5)35(46)42-21-15-19-30(42)33(44)38-28(23-43)27-16-11-10-12-17-27/h10-12,16-17,22,24-25,28-32,43H,13-15,18-21,23H2,1-9H3,(H,38,44)(H,39,45)/b26-22+/t28-,29?,30-,31+,32+/m0/s1. The Labute approximate surface area is 282 Å². The van der Waals surface area contributed by atoms with Crippen molar-refractivity contribution in [3.05, 3.63) is 47.5 Å². The van der Waals surface area contributed by atoms with Gasteiger partial charge in [-0.25, -0.2) is 0 Å². The van der Waals surface area contributed by atoms with E-state index in [0.29, 0.717) is 25.0 Å². The molecule has 4 amide bonds. The van der Waals surface area contributed by atoms with Crippen LogP contribution in [0.4, 0.5) is 0 Å². The van der Waals surface area contributed by atoms with E-state index in [-0.39, 0.29) is 48.2 Å². The van der Waals surface area contributed by atoms with Gasteiger partial charge in [-0.15, -0.1) is 0 Å². The van der Waals surface area contributed by atoms with E-state index >= 15 is 0 Å².